The smallest absolute Gasteiger partial charge is 0.0534 e. The van der Waals surface area contributed by atoms with Gasteiger partial charge in [0.1, 0.15) is 0 Å². The number of hydrogen-bond donors (Lipinski definition) is 0. The Morgan fingerprint density at radius 2 is 2.31 bits per heavy atom. The van der Waals surface area contributed by atoms with Crippen LogP contribution >= 0.6 is 11.8 Å². The third-order valence-corrected chi connectivity index (χ3v) is 4.17. The van der Waals surface area contributed by atoms with Crippen LogP contribution in [0, 0.1) is 6.92 Å². The van der Waals surface area contributed by atoms with Gasteiger partial charge in [0.2, 0.25) is 0 Å². The van der Waals surface area contributed by atoms with Crippen molar-refractivity contribution >= 4 is 11.8 Å². The van der Waals surface area contributed by atoms with E-state index in [4.69, 9.17) is 0 Å². The second-order valence-electron chi connectivity index (χ2n) is 4.29. The summed E-state index contributed by atoms with van der Waals surface area (Å²) in [6.07, 6.45) is 5.20. The highest BCUT2D eigenvalue weighted by Gasteiger charge is 2.22. The topological polar surface area (TPSA) is 17.8 Å². The van der Waals surface area contributed by atoms with Gasteiger partial charge in [-0.1, -0.05) is 18.2 Å². The molecule has 0 spiro atoms. The summed E-state index contributed by atoms with van der Waals surface area (Å²) >= 11 is 1.98. The first kappa shape index (κ1) is 9.97. The summed E-state index contributed by atoms with van der Waals surface area (Å²) in [6.45, 7) is 3.09. The third kappa shape index (κ3) is 1.87. The molecule has 2 aromatic rings. The van der Waals surface area contributed by atoms with Crippen molar-refractivity contribution in [2.24, 2.45) is 0 Å². The Bertz CT molecular complexity index is 479. The van der Waals surface area contributed by atoms with Gasteiger partial charge in [0.25, 0.3) is 0 Å². The van der Waals surface area contributed by atoms with E-state index in [1.807, 2.05) is 18.0 Å². The zero-order valence-electron chi connectivity index (χ0n) is 9.26. The van der Waals surface area contributed by atoms with E-state index in [2.05, 4.69) is 47.2 Å². The van der Waals surface area contributed by atoms with Crippen molar-refractivity contribution in [3.05, 3.63) is 47.8 Å². The molecule has 0 saturated carbocycles. The van der Waals surface area contributed by atoms with Gasteiger partial charge in [0, 0.05) is 16.3 Å². The lowest BCUT2D eigenvalue weighted by atomic mass is 10.1. The summed E-state index contributed by atoms with van der Waals surface area (Å²) in [7, 11) is 0. The van der Waals surface area contributed by atoms with Crippen LogP contribution in [-0.2, 0) is 13.0 Å². The molecule has 1 aromatic heterocycles. The lowest BCUT2D eigenvalue weighted by Gasteiger charge is -2.07. The van der Waals surface area contributed by atoms with Gasteiger partial charge in [-0.15, -0.1) is 11.8 Å². The summed E-state index contributed by atoms with van der Waals surface area (Å²) in [4.78, 5) is 1.44. The predicted octanol–water partition coefficient (Wildman–Crippen LogP) is 2.91. The molecule has 1 atom stereocenters. The number of benzene rings is 1. The molecule has 1 unspecified atom stereocenters. The first-order valence-corrected chi connectivity index (χ1v) is 6.43. The summed E-state index contributed by atoms with van der Waals surface area (Å²) in [5.41, 5.74) is 2.72. The fourth-order valence-corrected chi connectivity index (χ4v) is 3.44. The largest absolute Gasteiger partial charge is 0.271 e. The number of rotatable bonds is 2. The van der Waals surface area contributed by atoms with Crippen LogP contribution in [0.3, 0.4) is 0 Å². The maximum atomic E-state index is 4.35. The van der Waals surface area contributed by atoms with E-state index in [0.29, 0.717) is 5.25 Å². The van der Waals surface area contributed by atoms with E-state index in [0.717, 1.165) is 6.54 Å². The highest BCUT2D eigenvalue weighted by atomic mass is 32.2. The monoisotopic (exact) mass is 230 g/mol. The molecular weight excluding hydrogens is 216 g/mol. The minimum atomic E-state index is 0.636. The highest BCUT2D eigenvalue weighted by molar-refractivity contribution is 8.00. The number of aromatic nitrogens is 2. The van der Waals surface area contributed by atoms with Crippen LogP contribution in [0.1, 0.15) is 11.1 Å². The summed E-state index contributed by atoms with van der Waals surface area (Å²) in [6, 6.07) is 8.69. The molecular formula is C13H14N2S. The second-order valence-corrected chi connectivity index (χ2v) is 5.63. The Balaban J connectivity index is 1.72. The SMILES string of the molecule is Cc1cnn(CC2Cc3ccccc3S2)c1. The molecule has 2 heterocycles. The standard InChI is InChI=1S/C13H14N2S/c1-10-7-14-15(8-10)9-12-6-11-4-2-3-5-13(11)16-12/h2-5,7-8,12H,6,9H2,1H3. The Hall–Kier alpha value is -1.22. The van der Waals surface area contributed by atoms with Crippen molar-refractivity contribution in [1.82, 2.24) is 9.78 Å². The summed E-state index contributed by atoms with van der Waals surface area (Å²) in [5.74, 6) is 0. The molecule has 0 aliphatic carbocycles. The first-order valence-electron chi connectivity index (χ1n) is 5.55. The van der Waals surface area contributed by atoms with E-state index in [-0.39, 0.29) is 0 Å². The van der Waals surface area contributed by atoms with Crippen LogP contribution in [0.25, 0.3) is 0 Å². The molecule has 3 heteroatoms. The minimum absolute atomic E-state index is 0.636. The van der Waals surface area contributed by atoms with Gasteiger partial charge in [-0.05, 0) is 30.5 Å². The molecule has 0 bridgehead atoms. The van der Waals surface area contributed by atoms with E-state index in [9.17, 15) is 0 Å². The predicted molar refractivity (Wildman–Crippen MR) is 66.8 cm³/mol. The van der Waals surface area contributed by atoms with Crippen molar-refractivity contribution < 1.29 is 0 Å². The maximum absolute atomic E-state index is 4.35. The van der Waals surface area contributed by atoms with Crippen LogP contribution in [-0.4, -0.2) is 15.0 Å². The van der Waals surface area contributed by atoms with Gasteiger partial charge in [0.15, 0.2) is 0 Å². The number of nitrogens with zero attached hydrogens (tertiary/aromatic N) is 2. The molecule has 0 N–H and O–H groups in total. The quantitative estimate of drug-likeness (QED) is 0.789. The van der Waals surface area contributed by atoms with Gasteiger partial charge >= 0.3 is 0 Å². The van der Waals surface area contributed by atoms with E-state index in [1.165, 1.54) is 22.4 Å². The van der Waals surface area contributed by atoms with E-state index >= 15 is 0 Å². The van der Waals surface area contributed by atoms with Crippen LogP contribution in [0.15, 0.2) is 41.6 Å². The molecule has 82 valence electrons. The number of fused-ring (bicyclic) bond motifs is 1. The first-order chi connectivity index (χ1) is 7.81. The molecule has 2 nitrogen and oxygen atoms in total. The van der Waals surface area contributed by atoms with Crippen LogP contribution in [0.4, 0.5) is 0 Å². The van der Waals surface area contributed by atoms with Gasteiger partial charge in [-0.2, -0.15) is 5.10 Å². The fourth-order valence-electron chi connectivity index (χ4n) is 2.13. The molecule has 1 aliphatic heterocycles. The minimum Gasteiger partial charge on any atom is -0.271 e. The summed E-state index contributed by atoms with van der Waals surface area (Å²) < 4.78 is 2.05. The van der Waals surface area contributed by atoms with Crippen molar-refractivity contribution in [2.75, 3.05) is 0 Å². The lowest BCUT2D eigenvalue weighted by Crippen LogP contribution is -2.12. The van der Waals surface area contributed by atoms with Gasteiger partial charge in [-0.25, -0.2) is 0 Å². The molecule has 0 radical (unpaired) electrons. The lowest BCUT2D eigenvalue weighted by molar-refractivity contribution is 0.594. The van der Waals surface area contributed by atoms with Crippen LogP contribution in [0.2, 0.25) is 0 Å². The molecule has 16 heavy (non-hydrogen) atoms. The van der Waals surface area contributed by atoms with E-state index < -0.39 is 0 Å². The van der Waals surface area contributed by atoms with Crippen molar-refractivity contribution in [2.45, 2.75) is 30.0 Å². The Morgan fingerprint density at radius 3 is 3.06 bits per heavy atom. The van der Waals surface area contributed by atoms with Crippen LogP contribution in [0.5, 0.6) is 0 Å². The van der Waals surface area contributed by atoms with Gasteiger partial charge < -0.3 is 0 Å². The van der Waals surface area contributed by atoms with Crippen LogP contribution < -0.4 is 0 Å². The second kappa shape index (κ2) is 3.98. The van der Waals surface area contributed by atoms with Crippen molar-refractivity contribution in [3.8, 4) is 0 Å². The number of hydrogen-bond acceptors (Lipinski definition) is 2. The fraction of sp³-hybridized carbons (Fsp3) is 0.308. The molecule has 0 amide bonds. The molecule has 1 aliphatic rings. The Morgan fingerprint density at radius 1 is 1.44 bits per heavy atom. The normalized spacial score (nSPS) is 18.7. The average Bonchev–Trinajstić information content (AvgIpc) is 2.84. The van der Waals surface area contributed by atoms with Crippen molar-refractivity contribution in [1.29, 1.82) is 0 Å². The van der Waals surface area contributed by atoms with Gasteiger partial charge in [-0.3, -0.25) is 4.68 Å². The van der Waals surface area contributed by atoms with E-state index in [1.54, 1.807) is 0 Å². The number of thioether (sulfide) groups is 1. The molecule has 3 rings (SSSR count). The summed E-state index contributed by atoms with van der Waals surface area (Å²) in [5, 5.41) is 4.98. The Labute approximate surface area is 99.7 Å². The third-order valence-electron chi connectivity index (χ3n) is 2.87. The van der Waals surface area contributed by atoms with Gasteiger partial charge in [0.05, 0.1) is 12.7 Å². The zero-order valence-corrected chi connectivity index (χ0v) is 10.1. The van der Waals surface area contributed by atoms with Crippen molar-refractivity contribution in [3.63, 3.8) is 0 Å². The average molecular weight is 230 g/mol. The maximum Gasteiger partial charge on any atom is 0.0534 e. The molecule has 0 saturated heterocycles. The molecule has 0 fully saturated rings. The zero-order chi connectivity index (χ0) is 11.0. The number of aryl methyl sites for hydroxylation is 1. The Kier molecular flexibility index (Phi) is 2.48. The highest BCUT2D eigenvalue weighted by Crippen LogP contribution is 2.37. The molecule has 1 aromatic carbocycles.